The van der Waals surface area contributed by atoms with Gasteiger partial charge in [0.15, 0.2) is 0 Å². The quantitative estimate of drug-likeness (QED) is 0.825. The van der Waals surface area contributed by atoms with Crippen LogP contribution in [0, 0.1) is 13.8 Å². The maximum absolute atomic E-state index is 4.19. The second-order valence-corrected chi connectivity index (χ2v) is 4.82. The van der Waals surface area contributed by atoms with Gasteiger partial charge in [0.1, 0.15) is 11.6 Å². The molecular formula is C14H20N4. The number of aromatic nitrogens is 3. The van der Waals surface area contributed by atoms with E-state index in [1.807, 2.05) is 18.5 Å². The van der Waals surface area contributed by atoms with Crippen molar-refractivity contribution in [3.8, 4) is 0 Å². The zero-order valence-electron chi connectivity index (χ0n) is 11.5. The predicted octanol–water partition coefficient (Wildman–Crippen LogP) is 2.06. The van der Waals surface area contributed by atoms with E-state index in [0.717, 1.165) is 24.7 Å². The molecule has 1 heterocycles. The Bertz CT molecular complexity index is 530. The molecule has 0 unspecified atom stereocenters. The molecule has 0 spiro atoms. The number of hydrogen-bond donors (Lipinski definition) is 0. The minimum atomic E-state index is 0.811. The Morgan fingerprint density at radius 1 is 1.11 bits per heavy atom. The fraction of sp³-hybridized carbons (Fsp3) is 0.429. The highest BCUT2D eigenvalue weighted by molar-refractivity contribution is 5.25. The molecule has 0 saturated carbocycles. The summed E-state index contributed by atoms with van der Waals surface area (Å²) in [5.41, 5.74) is 2.69. The van der Waals surface area contributed by atoms with Gasteiger partial charge in [0.2, 0.25) is 0 Å². The van der Waals surface area contributed by atoms with Crippen LogP contribution in [-0.4, -0.2) is 26.7 Å². The van der Waals surface area contributed by atoms with E-state index in [2.05, 4.69) is 53.3 Å². The van der Waals surface area contributed by atoms with Crippen LogP contribution < -0.4 is 0 Å². The number of nitrogens with zero attached hydrogens (tertiary/aromatic N) is 4. The molecule has 0 saturated heterocycles. The molecule has 0 amide bonds. The lowest BCUT2D eigenvalue weighted by atomic mass is 10.1. The van der Waals surface area contributed by atoms with Crippen molar-refractivity contribution < 1.29 is 0 Å². The predicted molar refractivity (Wildman–Crippen MR) is 72.1 cm³/mol. The van der Waals surface area contributed by atoms with Gasteiger partial charge in [0.05, 0.1) is 6.54 Å². The summed E-state index contributed by atoms with van der Waals surface area (Å²) in [6.07, 6.45) is 0. The first-order chi connectivity index (χ1) is 8.58. The van der Waals surface area contributed by atoms with Gasteiger partial charge in [-0.2, -0.15) is 0 Å². The third-order valence-electron chi connectivity index (χ3n) is 3.30. The standard InChI is InChI=1S/C14H20N4/c1-11-7-5-6-8-13(11)9-17(3)10-14-16-15-12(2)18(14)4/h5-8H,9-10H2,1-4H3. The summed E-state index contributed by atoms with van der Waals surface area (Å²) in [6, 6.07) is 8.48. The van der Waals surface area contributed by atoms with Crippen molar-refractivity contribution >= 4 is 0 Å². The lowest BCUT2D eigenvalue weighted by Gasteiger charge is -2.17. The smallest absolute Gasteiger partial charge is 0.146 e. The first-order valence-corrected chi connectivity index (χ1v) is 6.16. The van der Waals surface area contributed by atoms with Crippen LogP contribution in [0.3, 0.4) is 0 Å². The summed E-state index contributed by atoms with van der Waals surface area (Å²) >= 11 is 0. The van der Waals surface area contributed by atoms with Crippen molar-refractivity contribution in [1.29, 1.82) is 0 Å². The fourth-order valence-corrected chi connectivity index (χ4v) is 1.96. The molecule has 0 N–H and O–H groups in total. The van der Waals surface area contributed by atoms with Crippen molar-refractivity contribution in [1.82, 2.24) is 19.7 Å². The second-order valence-electron chi connectivity index (χ2n) is 4.82. The largest absolute Gasteiger partial charge is 0.317 e. The van der Waals surface area contributed by atoms with Crippen molar-refractivity contribution in [2.75, 3.05) is 7.05 Å². The molecule has 1 aromatic carbocycles. The van der Waals surface area contributed by atoms with Crippen LogP contribution in [0.4, 0.5) is 0 Å². The molecule has 0 aliphatic rings. The van der Waals surface area contributed by atoms with E-state index in [4.69, 9.17) is 0 Å². The number of benzene rings is 1. The molecular weight excluding hydrogens is 224 g/mol. The minimum Gasteiger partial charge on any atom is -0.317 e. The van der Waals surface area contributed by atoms with Crippen LogP contribution in [0.2, 0.25) is 0 Å². The lowest BCUT2D eigenvalue weighted by Crippen LogP contribution is -2.20. The third kappa shape index (κ3) is 2.76. The molecule has 4 nitrogen and oxygen atoms in total. The molecule has 1 aromatic heterocycles. The average Bonchev–Trinajstić information content (AvgIpc) is 2.64. The van der Waals surface area contributed by atoms with E-state index in [1.165, 1.54) is 11.1 Å². The zero-order valence-corrected chi connectivity index (χ0v) is 11.5. The number of hydrogen-bond acceptors (Lipinski definition) is 3. The normalized spacial score (nSPS) is 11.2. The Morgan fingerprint density at radius 2 is 1.83 bits per heavy atom. The second kappa shape index (κ2) is 5.31. The highest BCUT2D eigenvalue weighted by atomic mass is 15.3. The molecule has 2 rings (SSSR count). The average molecular weight is 244 g/mol. The zero-order chi connectivity index (χ0) is 13.1. The summed E-state index contributed by atoms with van der Waals surface area (Å²) < 4.78 is 2.04. The van der Waals surface area contributed by atoms with Gasteiger partial charge in [-0.05, 0) is 32.0 Å². The van der Waals surface area contributed by atoms with Gasteiger partial charge in [-0.1, -0.05) is 24.3 Å². The Morgan fingerprint density at radius 3 is 2.44 bits per heavy atom. The van der Waals surface area contributed by atoms with Crippen LogP contribution in [0.5, 0.6) is 0 Å². The van der Waals surface area contributed by atoms with Gasteiger partial charge in [-0.3, -0.25) is 4.90 Å². The van der Waals surface area contributed by atoms with Gasteiger partial charge >= 0.3 is 0 Å². The van der Waals surface area contributed by atoms with Gasteiger partial charge in [-0.25, -0.2) is 0 Å². The van der Waals surface area contributed by atoms with E-state index in [1.54, 1.807) is 0 Å². The van der Waals surface area contributed by atoms with E-state index in [9.17, 15) is 0 Å². The molecule has 0 aliphatic heterocycles. The highest BCUT2D eigenvalue weighted by Gasteiger charge is 2.09. The van der Waals surface area contributed by atoms with Crippen LogP contribution in [0.1, 0.15) is 22.8 Å². The first-order valence-electron chi connectivity index (χ1n) is 6.16. The Kier molecular flexibility index (Phi) is 3.77. The Balaban J connectivity index is 2.03. The number of aryl methyl sites for hydroxylation is 2. The Labute approximate surface area is 108 Å². The SMILES string of the molecule is Cc1ccccc1CN(C)Cc1nnc(C)n1C. The summed E-state index contributed by atoms with van der Waals surface area (Å²) in [4.78, 5) is 2.26. The van der Waals surface area contributed by atoms with E-state index < -0.39 is 0 Å². The van der Waals surface area contributed by atoms with Crippen LogP contribution in [0.25, 0.3) is 0 Å². The fourth-order valence-electron chi connectivity index (χ4n) is 1.96. The molecule has 2 aromatic rings. The molecule has 18 heavy (non-hydrogen) atoms. The topological polar surface area (TPSA) is 34.0 Å². The molecule has 0 bridgehead atoms. The number of rotatable bonds is 4. The maximum Gasteiger partial charge on any atom is 0.146 e. The monoisotopic (exact) mass is 244 g/mol. The molecule has 0 aliphatic carbocycles. The van der Waals surface area contributed by atoms with Crippen LogP contribution in [0.15, 0.2) is 24.3 Å². The minimum absolute atomic E-state index is 0.811. The van der Waals surface area contributed by atoms with E-state index in [0.29, 0.717) is 0 Å². The molecule has 0 atom stereocenters. The van der Waals surface area contributed by atoms with Crippen molar-refractivity contribution in [2.45, 2.75) is 26.9 Å². The Hall–Kier alpha value is -1.68. The van der Waals surface area contributed by atoms with Crippen LogP contribution >= 0.6 is 0 Å². The first kappa shape index (κ1) is 12.8. The molecule has 96 valence electrons. The third-order valence-corrected chi connectivity index (χ3v) is 3.30. The molecule has 4 heteroatoms. The lowest BCUT2D eigenvalue weighted by molar-refractivity contribution is 0.306. The molecule has 0 radical (unpaired) electrons. The maximum atomic E-state index is 4.19. The van der Waals surface area contributed by atoms with Crippen molar-refractivity contribution in [3.05, 3.63) is 47.0 Å². The van der Waals surface area contributed by atoms with Crippen LogP contribution in [-0.2, 0) is 20.1 Å². The summed E-state index contributed by atoms with van der Waals surface area (Å²) in [7, 11) is 4.11. The summed E-state index contributed by atoms with van der Waals surface area (Å²) in [5, 5.41) is 8.27. The summed E-state index contributed by atoms with van der Waals surface area (Å²) in [6.45, 7) is 5.86. The van der Waals surface area contributed by atoms with Gasteiger partial charge < -0.3 is 4.57 Å². The van der Waals surface area contributed by atoms with Gasteiger partial charge in [0, 0.05) is 13.6 Å². The highest BCUT2D eigenvalue weighted by Crippen LogP contribution is 2.11. The van der Waals surface area contributed by atoms with Gasteiger partial charge in [-0.15, -0.1) is 10.2 Å². The summed E-state index contributed by atoms with van der Waals surface area (Å²) in [5.74, 6) is 1.96. The van der Waals surface area contributed by atoms with Gasteiger partial charge in [0.25, 0.3) is 0 Å². The van der Waals surface area contributed by atoms with E-state index >= 15 is 0 Å². The van der Waals surface area contributed by atoms with Crippen molar-refractivity contribution in [2.24, 2.45) is 7.05 Å². The molecule has 0 fully saturated rings. The van der Waals surface area contributed by atoms with E-state index in [-0.39, 0.29) is 0 Å². The van der Waals surface area contributed by atoms with Crippen molar-refractivity contribution in [3.63, 3.8) is 0 Å².